The number of nitrogens with zero attached hydrogens (tertiary/aromatic N) is 2. The molecule has 0 unspecified atom stereocenters. The molecule has 0 saturated heterocycles. The summed E-state index contributed by atoms with van der Waals surface area (Å²) in [5.74, 6) is -1.60. The molecule has 0 bridgehead atoms. The van der Waals surface area contributed by atoms with Crippen LogP contribution in [-0.4, -0.2) is 33.4 Å². The van der Waals surface area contributed by atoms with Gasteiger partial charge in [0.15, 0.2) is 5.69 Å². The van der Waals surface area contributed by atoms with Crippen molar-refractivity contribution in [2.24, 2.45) is 5.10 Å². The van der Waals surface area contributed by atoms with Crippen molar-refractivity contribution in [3.63, 3.8) is 0 Å². The van der Waals surface area contributed by atoms with Gasteiger partial charge in [-0.05, 0) is 23.8 Å². The molecule has 3 N–H and O–H groups in total. The molecule has 8 nitrogen and oxygen atoms in total. The van der Waals surface area contributed by atoms with E-state index in [1.165, 1.54) is 18.3 Å². The Balaban J connectivity index is 1.78. The number of aromatic nitrogens is 2. The number of carbonyl (C=O) groups is 2. The van der Waals surface area contributed by atoms with Gasteiger partial charge in [0.2, 0.25) is 0 Å². The molecule has 25 heavy (non-hydrogen) atoms. The summed E-state index contributed by atoms with van der Waals surface area (Å²) in [5.41, 5.74) is 2.77. The minimum atomic E-state index is -1.02. The maximum absolute atomic E-state index is 12.2. The second kappa shape index (κ2) is 6.75. The van der Waals surface area contributed by atoms with Crippen LogP contribution < -0.4 is 11.0 Å². The van der Waals surface area contributed by atoms with Crippen LogP contribution in [0.2, 0.25) is 0 Å². The summed E-state index contributed by atoms with van der Waals surface area (Å²) in [4.78, 5) is 34.7. The molecule has 0 aliphatic carbocycles. The molecule has 0 radical (unpaired) electrons. The molecule has 0 spiro atoms. The van der Waals surface area contributed by atoms with E-state index < -0.39 is 11.9 Å². The Bertz CT molecular complexity index is 1040. The van der Waals surface area contributed by atoms with Crippen LogP contribution in [0.1, 0.15) is 26.4 Å². The van der Waals surface area contributed by atoms with Crippen molar-refractivity contribution >= 4 is 28.9 Å². The summed E-state index contributed by atoms with van der Waals surface area (Å²) in [6.45, 7) is 0. The number of aromatic carboxylic acids is 1. The van der Waals surface area contributed by atoms with E-state index >= 15 is 0 Å². The molecule has 124 valence electrons. The first-order chi connectivity index (χ1) is 12.1. The van der Waals surface area contributed by atoms with Crippen molar-refractivity contribution in [1.82, 2.24) is 15.6 Å². The minimum absolute atomic E-state index is 0.0496. The van der Waals surface area contributed by atoms with Crippen LogP contribution in [0.15, 0.2) is 58.4 Å². The lowest BCUT2D eigenvalue weighted by atomic mass is 10.1. The average Bonchev–Trinajstić information content (AvgIpc) is 2.62. The van der Waals surface area contributed by atoms with Gasteiger partial charge >= 0.3 is 5.97 Å². The van der Waals surface area contributed by atoms with E-state index in [1.54, 1.807) is 36.4 Å². The second-order valence-electron chi connectivity index (χ2n) is 5.07. The molecule has 3 rings (SSSR count). The van der Waals surface area contributed by atoms with Crippen molar-refractivity contribution < 1.29 is 14.7 Å². The maximum Gasteiger partial charge on any atom is 0.335 e. The summed E-state index contributed by atoms with van der Waals surface area (Å²) in [5, 5.41) is 19.5. The second-order valence-corrected chi connectivity index (χ2v) is 5.07. The fraction of sp³-hybridized carbons (Fsp3) is 0. The summed E-state index contributed by atoms with van der Waals surface area (Å²) in [7, 11) is 0. The van der Waals surface area contributed by atoms with E-state index in [-0.39, 0.29) is 16.8 Å². The van der Waals surface area contributed by atoms with Gasteiger partial charge in [-0.3, -0.25) is 9.59 Å². The predicted molar refractivity (Wildman–Crippen MR) is 90.8 cm³/mol. The van der Waals surface area contributed by atoms with Gasteiger partial charge in [0.05, 0.1) is 17.2 Å². The highest BCUT2D eigenvalue weighted by atomic mass is 16.4. The molecule has 1 aromatic heterocycles. The average molecular weight is 336 g/mol. The smallest absolute Gasteiger partial charge is 0.335 e. The number of carboxylic acid groups (broad SMARTS) is 1. The van der Waals surface area contributed by atoms with Gasteiger partial charge in [-0.25, -0.2) is 15.3 Å². The number of hydrogen-bond donors (Lipinski definition) is 3. The first-order valence-electron chi connectivity index (χ1n) is 7.20. The van der Waals surface area contributed by atoms with Gasteiger partial charge in [-0.15, -0.1) is 0 Å². The molecule has 0 saturated carbocycles. The van der Waals surface area contributed by atoms with Crippen LogP contribution in [0.4, 0.5) is 0 Å². The number of hydrazone groups is 1. The van der Waals surface area contributed by atoms with Crippen LogP contribution in [0.3, 0.4) is 0 Å². The van der Waals surface area contributed by atoms with Crippen LogP contribution in [0, 0.1) is 0 Å². The van der Waals surface area contributed by atoms with Crippen molar-refractivity contribution in [3.8, 4) is 0 Å². The van der Waals surface area contributed by atoms with Gasteiger partial charge < -0.3 is 5.11 Å². The number of carboxylic acids is 1. The molecule has 1 heterocycles. The van der Waals surface area contributed by atoms with Gasteiger partial charge in [-0.2, -0.15) is 10.2 Å². The number of benzene rings is 2. The number of aromatic amines is 1. The Labute approximate surface area is 140 Å². The van der Waals surface area contributed by atoms with Gasteiger partial charge in [0.25, 0.3) is 11.5 Å². The molecule has 3 aromatic rings. The molecular weight excluding hydrogens is 324 g/mol. The molecule has 8 heteroatoms. The number of carbonyl (C=O) groups excluding carboxylic acids is 1. The highest BCUT2D eigenvalue weighted by molar-refractivity contribution is 6.04. The number of nitrogens with one attached hydrogen (secondary N) is 2. The quantitative estimate of drug-likeness (QED) is 0.490. The van der Waals surface area contributed by atoms with Crippen molar-refractivity contribution in [1.29, 1.82) is 0 Å². The Morgan fingerprint density at radius 3 is 2.44 bits per heavy atom. The lowest BCUT2D eigenvalue weighted by molar-refractivity contribution is 0.0696. The van der Waals surface area contributed by atoms with Crippen molar-refractivity contribution in [3.05, 3.63) is 75.7 Å². The molecule has 0 atom stereocenters. The van der Waals surface area contributed by atoms with Crippen LogP contribution in [-0.2, 0) is 0 Å². The standard InChI is InChI=1S/C17H12N4O4/c22-15-13-4-2-1-3-12(13)14(19-21-15)16(23)20-18-9-10-5-7-11(8-6-10)17(24)25/h1-9H,(H,20,23)(H,21,22)(H,24,25)/b18-9-. The Morgan fingerprint density at radius 2 is 1.76 bits per heavy atom. The zero-order valence-electron chi connectivity index (χ0n) is 12.8. The lowest BCUT2D eigenvalue weighted by Crippen LogP contribution is -2.22. The van der Waals surface area contributed by atoms with E-state index in [0.717, 1.165) is 0 Å². The van der Waals surface area contributed by atoms with Crippen LogP contribution in [0.25, 0.3) is 10.8 Å². The van der Waals surface area contributed by atoms with E-state index in [0.29, 0.717) is 16.3 Å². The number of amides is 1. The molecule has 1 amide bonds. The normalized spacial score (nSPS) is 10.9. The summed E-state index contributed by atoms with van der Waals surface area (Å²) < 4.78 is 0. The highest BCUT2D eigenvalue weighted by Crippen LogP contribution is 2.12. The van der Waals surface area contributed by atoms with Crippen LogP contribution in [0.5, 0.6) is 0 Å². The third-order valence-electron chi connectivity index (χ3n) is 3.45. The first-order valence-corrected chi connectivity index (χ1v) is 7.20. The SMILES string of the molecule is O=C(O)c1ccc(/C=N\NC(=O)c2n[nH]c(=O)c3ccccc23)cc1. The third kappa shape index (κ3) is 3.42. The Kier molecular flexibility index (Phi) is 4.34. The molecule has 0 fully saturated rings. The monoisotopic (exact) mass is 336 g/mol. The summed E-state index contributed by atoms with van der Waals surface area (Å²) in [6, 6.07) is 12.6. The number of rotatable bonds is 4. The van der Waals surface area contributed by atoms with Gasteiger partial charge in [-0.1, -0.05) is 30.3 Å². The fourth-order valence-corrected chi connectivity index (χ4v) is 2.22. The minimum Gasteiger partial charge on any atom is -0.478 e. The molecule has 0 aliphatic rings. The largest absolute Gasteiger partial charge is 0.478 e. The Morgan fingerprint density at radius 1 is 1.08 bits per heavy atom. The third-order valence-corrected chi connectivity index (χ3v) is 3.45. The summed E-state index contributed by atoms with van der Waals surface area (Å²) in [6.07, 6.45) is 1.37. The van der Waals surface area contributed by atoms with Gasteiger partial charge in [0.1, 0.15) is 0 Å². The molecule has 2 aromatic carbocycles. The Hall–Kier alpha value is -3.81. The highest BCUT2D eigenvalue weighted by Gasteiger charge is 2.13. The topological polar surface area (TPSA) is 125 Å². The number of fused-ring (bicyclic) bond motifs is 1. The van der Waals surface area contributed by atoms with E-state index in [4.69, 9.17) is 5.11 Å². The molecular formula is C17H12N4O4. The lowest BCUT2D eigenvalue weighted by Gasteiger charge is -2.03. The van der Waals surface area contributed by atoms with Crippen molar-refractivity contribution in [2.45, 2.75) is 0 Å². The zero-order chi connectivity index (χ0) is 17.8. The van der Waals surface area contributed by atoms with Gasteiger partial charge in [0, 0.05) is 5.39 Å². The maximum atomic E-state index is 12.2. The zero-order valence-corrected chi connectivity index (χ0v) is 12.8. The molecule has 0 aliphatic heterocycles. The van der Waals surface area contributed by atoms with E-state index in [9.17, 15) is 14.4 Å². The van der Waals surface area contributed by atoms with Crippen LogP contribution >= 0.6 is 0 Å². The summed E-state index contributed by atoms with van der Waals surface area (Å²) >= 11 is 0. The van der Waals surface area contributed by atoms with E-state index in [1.807, 2.05) is 0 Å². The fourth-order valence-electron chi connectivity index (χ4n) is 2.22. The van der Waals surface area contributed by atoms with E-state index in [2.05, 4.69) is 20.7 Å². The number of hydrogen-bond acceptors (Lipinski definition) is 5. The van der Waals surface area contributed by atoms with Crippen molar-refractivity contribution in [2.75, 3.05) is 0 Å². The first kappa shape index (κ1) is 16.1. The number of H-pyrrole nitrogens is 1. The predicted octanol–water partition coefficient (Wildman–Crippen LogP) is 1.39.